The van der Waals surface area contributed by atoms with Gasteiger partial charge in [0, 0.05) is 23.2 Å². The van der Waals surface area contributed by atoms with Crippen molar-refractivity contribution in [3.8, 4) is 0 Å². The Balaban J connectivity index is 2.04. The first-order valence-corrected chi connectivity index (χ1v) is 6.93. The Morgan fingerprint density at radius 3 is 2.89 bits per heavy atom. The minimum absolute atomic E-state index is 0.0409. The predicted octanol–water partition coefficient (Wildman–Crippen LogP) is 2.21. The van der Waals surface area contributed by atoms with Crippen molar-refractivity contribution in [1.29, 1.82) is 0 Å². The Labute approximate surface area is 116 Å². The van der Waals surface area contributed by atoms with Crippen LogP contribution in [0.5, 0.6) is 0 Å². The summed E-state index contributed by atoms with van der Waals surface area (Å²) in [4.78, 5) is 11.7. The normalized spacial score (nSPS) is 10.2. The zero-order valence-electron chi connectivity index (χ0n) is 10.9. The van der Waals surface area contributed by atoms with Crippen LogP contribution in [0.3, 0.4) is 0 Å². The third kappa shape index (κ3) is 3.51. The van der Waals surface area contributed by atoms with Crippen LogP contribution in [0, 0.1) is 6.92 Å². The number of amides is 1. The Hall–Kier alpha value is -1.95. The van der Waals surface area contributed by atoms with Crippen molar-refractivity contribution in [2.45, 2.75) is 20.4 Å². The highest BCUT2D eigenvalue weighted by atomic mass is 32.1. The SMILES string of the molecule is CCNC(=O)c1ccc(NCc2csnn2)c(C)c1. The number of aryl methyl sites for hydroxylation is 1. The van der Waals surface area contributed by atoms with Gasteiger partial charge in [0.1, 0.15) is 0 Å². The molecule has 2 N–H and O–H groups in total. The Kier molecular flexibility index (Phi) is 4.46. The molecule has 1 aromatic carbocycles. The summed E-state index contributed by atoms with van der Waals surface area (Å²) in [6.45, 7) is 5.15. The number of aromatic nitrogens is 2. The highest BCUT2D eigenvalue weighted by Gasteiger charge is 2.06. The fourth-order valence-corrected chi connectivity index (χ4v) is 2.16. The van der Waals surface area contributed by atoms with Crippen LogP contribution >= 0.6 is 11.5 Å². The Bertz CT molecular complexity index is 554. The van der Waals surface area contributed by atoms with Gasteiger partial charge in [0.05, 0.1) is 12.2 Å². The molecule has 0 aliphatic heterocycles. The van der Waals surface area contributed by atoms with E-state index in [2.05, 4.69) is 20.2 Å². The maximum atomic E-state index is 11.7. The molecule has 5 nitrogen and oxygen atoms in total. The molecule has 0 spiro atoms. The van der Waals surface area contributed by atoms with E-state index < -0.39 is 0 Å². The fraction of sp³-hybridized carbons (Fsp3) is 0.308. The molecule has 1 heterocycles. The van der Waals surface area contributed by atoms with Gasteiger partial charge in [-0.15, -0.1) is 5.10 Å². The maximum absolute atomic E-state index is 11.7. The molecule has 0 unspecified atom stereocenters. The van der Waals surface area contributed by atoms with E-state index in [9.17, 15) is 4.79 Å². The second-order valence-corrected chi connectivity index (χ2v) is 4.75. The first-order valence-electron chi connectivity index (χ1n) is 6.09. The lowest BCUT2D eigenvalue weighted by atomic mass is 10.1. The number of hydrogen-bond donors (Lipinski definition) is 2. The Morgan fingerprint density at radius 1 is 1.42 bits per heavy atom. The third-order valence-corrected chi connectivity index (χ3v) is 3.24. The molecule has 1 amide bonds. The van der Waals surface area contributed by atoms with Crippen LogP contribution in [0.15, 0.2) is 23.6 Å². The van der Waals surface area contributed by atoms with E-state index in [4.69, 9.17) is 0 Å². The monoisotopic (exact) mass is 276 g/mol. The topological polar surface area (TPSA) is 66.9 Å². The van der Waals surface area contributed by atoms with Crippen molar-refractivity contribution >= 4 is 23.1 Å². The van der Waals surface area contributed by atoms with Gasteiger partial charge in [-0.05, 0) is 49.1 Å². The third-order valence-electron chi connectivity index (χ3n) is 2.69. The number of benzene rings is 1. The maximum Gasteiger partial charge on any atom is 0.251 e. The summed E-state index contributed by atoms with van der Waals surface area (Å²) in [6, 6.07) is 5.62. The molecule has 0 saturated heterocycles. The molecule has 0 saturated carbocycles. The summed E-state index contributed by atoms with van der Waals surface area (Å²) in [5.74, 6) is -0.0409. The van der Waals surface area contributed by atoms with E-state index in [0.29, 0.717) is 18.7 Å². The van der Waals surface area contributed by atoms with Gasteiger partial charge in [0.25, 0.3) is 5.91 Å². The van der Waals surface area contributed by atoms with Crippen molar-refractivity contribution in [1.82, 2.24) is 14.9 Å². The van der Waals surface area contributed by atoms with Crippen LogP contribution < -0.4 is 10.6 Å². The van der Waals surface area contributed by atoms with Crippen LogP contribution in [-0.2, 0) is 6.54 Å². The van der Waals surface area contributed by atoms with Crippen molar-refractivity contribution in [2.75, 3.05) is 11.9 Å². The number of nitrogens with zero attached hydrogens (tertiary/aromatic N) is 2. The molecule has 19 heavy (non-hydrogen) atoms. The molecule has 2 rings (SSSR count). The summed E-state index contributed by atoms with van der Waals surface area (Å²) in [7, 11) is 0. The molecule has 0 aliphatic rings. The zero-order chi connectivity index (χ0) is 13.7. The number of hydrogen-bond acceptors (Lipinski definition) is 5. The molecule has 100 valence electrons. The summed E-state index contributed by atoms with van der Waals surface area (Å²) < 4.78 is 3.81. The van der Waals surface area contributed by atoms with Crippen molar-refractivity contribution < 1.29 is 4.79 Å². The van der Waals surface area contributed by atoms with Gasteiger partial charge in [-0.2, -0.15) is 0 Å². The fourth-order valence-electron chi connectivity index (χ4n) is 1.71. The molecule has 0 aliphatic carbocycles. The largest absolute Gasteiger partial charge is 0.379 e. The van der Waals surface area contributed by atoms with Crippen molar-refractivity contribution in [3.05, 3.63) is 40.4 Å². The second kappa shape index (κ2) is 6.29. The van der Waals surface area contributed by atoms with Gasteiger partial charge >= 0.3 is 0 Å². The lowest BCUT2D eigenvalue weighted by Gasteiger charge is -2.10. The molecular formula is C13H16N4OS. The van der Waals surface area contributed by atoms with Crippen molar-refractivity contribution in [3.63, 3.8) is 0 Å². The minimum Gasteiger partial charge on any atom is -0.379 e. The minimum atomic E-state index is -0.0409. The highest BCUT2D eigenvalue weighted by Crippen LogP contribution is 2.17. The molecule has 6 heteroatoms. The van der Waals surface area contributed by atoms with Gasteiger partial charge in [-0.25, -0.2) is 0 Å². The number of carbonyl (C=O) groups excluding carboxylic acids is 1. The summed E-state index contributed by atoms with van der Waals surface area (Å²) in [5, 5.41) is 12.0. The van der Waals surface area contributed by atoms with Crippen molar-refractivity contribution in [2.24, 2.45) is 0 Å². The van der Waals surface area contributed by atoms with Gasteiger partial charge in [-0.3, -0.25) is 4.79 Å². The van der Waals surface area contributed by atoms with Gasteiger partial charge < -0.3 is 10.6 Å². The molecular weight excluding hydrogens is 260 g/mol. The standard InChI is InChI=1S/C13H16N4OS/c1-3-14-13(18)10-4-5-12(9(2)6-10)15-7-11-8-19-17-16-11/h4-6,8,15H,3,7H2,1-2H3,(H,14,18). The molecule has 0 fully saturated rings. The lowest BCUT2D eigenvalue weighted by molar-refractivity contribution is 0.0956. The van der Waals surface area contributed by atoms with Gasteiger partial charge in [0.2, 0.25) is 0 Å². The molecule has 0 bridgehead atoms. The summed E-state index contributed by atoms with van der Waals surface area (Å²) in [5.41, 5.74) is 3.63. The summed E-state index contributed by atoms with van der Waals surface area (Å²) >= 11 is 1.34. The van der Waals surface area contributed by atoms with Crippen LogP contribution in [0.2, 0.25) is 0 Å². The summed E-state index contributed by atoms with van der Waals surface area (Å²) in [6.07, 6.45) is 0. The van der Waals surface area contributed by atoms with Crippen LogP contribution in [-0.4, -0.2) is 22.0 Å². The van der Waals surface area contributed by atoms with E-state index in [0.717, 1.165) is 16.9 Å². The van der Waals surface area contributed by atoms with E-state index in [1.54, 1.807) is 0 Å². The number of nitrogens with one attached hydrogen (secondary N) is 2. The van der Waals surface area contributed by atoms with Crippen LogP contribution in [0.4, 0.5) is 5.69 Å². The average molecular weight is 276 g/mol. The lowest BCUT2D eigenvalue weighted by Crippen LogP contribution is -2.22. The zero-order valence-corrected chi connectivity index (χ0v) is 11.8. The molecule has 0 atom stereocenters. The average Bonchev–Trinajstić information content (AvgIpc) is 2.90. The van der Waals surface area contributed by atoms with Crippen LogP contribution in [0.1, 0.15) is 28.5 Å². The Morgan fingerprint density at radius 2 is 2.26 bits per heavy atom. The molecule has 2 aromatic rings. The van der Waals surface area contributed by atoms with E-state index in [1.165, 1.54) is 11.5 Å². The first-order chi connectivity index (χ1) is 9.20. The van der Waals surface area contributed by atoms with Gasteiger partial charge in [0.15, 0.2) is 0 Å². The van der Waals surface area contributed by atoms with E-state index in [-0.39, 0.29) is 5.91 Å². The van der Waals surface area contributed by atoms with Crippen LogP contribution in [0.25, 0.3) is 0 Å². The van der Waals surface area contributed by atoms with E-state index >= 15 is 0 Å². The smallest absolute Gasteiger partial charge is 0.251 e. The predicted molar refractivity (Wildman–Crippen MR) is 76.4 cm³/mol. The highest BCUT2D eigenvalue weighted by molar-refractivity contribution is 7.03. The number of carbonyl (C=O) groups is 1. The van der Waals surface area contributed by atoms with E-state index in [1.807, 2.05) is 37.4 Å². The molecule has 0 radical (unpaired) electrons. The quantitative estimate of drug-likeness (QED) is 0.878. The molecule has 1 aromatic heterocycles. The second-order valence-electron chi connectivity index (χ2n) is 4.14. The van der Waals surface area contributed by atoms with Gasteiger partial charge in [-0.1, -0.05) is 4.49 Å². The first kappa shape index (κ1) is 13.5. The number of anilines is 1. The number of rotatable bonds is 5.